The second-order valence-electron chi connectivity index (χ2n) is 4.51. The zero-order valence-corrected chi connectivity index (χ0v) is 12.8. The number of amides is 1. The number of rotatable bonds is 7. The highest BCUT2D eigenvalue weighted by Gasteiger charge is 2.25. The van der Waals surface area contributed by atoms with Crippen molar-refractivity contribution in [3.05, 3.63) is 0 Å². The van der Waals surface area contributed by atoms with Gasteiger partial charge >= 0.3 is 0 Å². The number of nitrogens with zero attached hydrogens (tertiary/aromatic N) is 1. The van der Waals surface area contributed by atoms with E-state index in [9.17, 15) is 13.2 Å². The van der Waals surface area contributed by atoms with Crippen LogP contribution in [0.25, 0.3) is 0 Å². The molecule has 0 bridgehead atoms. The van der Waals surface area contributed by atoms with Gasteiger partial charge in [0.25, 0.3) is 0 Å². The van der Waals surface area contributed by atoms with Gasteiger partial charge in [0, 0.05) is 20.6 Å². The number of hydrogen-bond acceptors (Lipinski definition) is 4. The Morgan fingerprint density at radius 1 is 1.39 bits per heavy atom. The molecular weight excluding hydrogens is 274 g/mol. The van der Waals surface area contributed by atoms with Gasteiger partial charge in [0.05, 0.1) is 16.7 Å². The van der Waals surface area contributed by atoms with Crippen molar-refractivity contribution in [3.8, 4) is 0 Å². The monoisotopic (exact) mass is 295 g/mol. The number of nitrogens with two attached hydrogens (primary N) is 1. The molecule has 1 amide bonds. The second kappa shape index (κ2) is 7.01. The van der Waals surface area contributed by atoms with Crippen molar-refractivity contribution in [2.45, 2.75) is 13.8 Å². The number of thiocarbonyl (C=S) groups is 1. The summed E-state index contributed by atoms with van der Waals surface area (Å²) < 4.78 is 24.1. The van der Waals surface area contributed by atoms with Gasteiger partial charge in [0.2, 0.25) is 15.9 Å². The van der Waals surface area contributed by atoms with E-state index < -0.39 is 15.9 Å². The molecule has 0 aromatic carbocycles. The van der Waals surface area contributed by atoms with Gasteiger partial charge in [0.1, 0.15) is 0 Å². The van der Waals surface area contributed by atoms with Crippen molar-refractivity contribution < 1.29 is 13.2 Å². The van der Waals surface area contributed by atoms with Gasteiger partial charge in [-0.25, -0.2) is 12.7 Å². The predicted molar refractivity (Wildman–Crippen MR) is 75.6 cm³/mol. The molecule has 0 aliphatic heterocycles. The average molecular weight is 295 g/mol. The SMILES string of the molecule is CC(C)C(C(=O)NCCS(=O)(=O)N(C)C)C(N)=S. The average Bonchev–Trinajstić information content (AvgIpc) is 2.15. The summed E-state index contributed by atoms with van der Waals surface area (Å²) >= 11 is 4.83. The highest BCUT2D eigenvalue weighted by Crippen LogP contribution is 2.11. The van der Waals surface area contributed by atoms with Crippen LogP contribution in [0.2, 0.25) is 0 Å². The molecule has 0 spiro atoms. The molecule has 8 heteroatoms. The molecule has 6 nitrogen and oxygen atoms in total. The Labute approximate surface area is 114 Å². The lowest BCUT2D eigenvalue weighted by Crippen LogP contribution is -2.43. The summed E-state index contributed by atoms with van der Waals surface area (Å²) in [5, 5.41) is 2.54. The van der Waals surface area contributed by atoms with Crippen molar-refractivity contribution in [3.63, 3.8) is 0 Å². The maximum Gasteiger partial charge on any atom is 0.230 e. The van der Waals surface area contributed by atoms with Crippen LogP contribution in [-0.2, 0) is 14.8 Å². The fraction of sp³-hybridized carbons (Fsp3) is 0.800. The van der Waals surface area contributed by atoms with E-state index in [1.54, 1.807) is 0 Å². The number of nitrogens with one attached hydrogen (secondary N) is 1. The van der Waals surface area contributed by atoms with Gasteiger partial charge in [-0.3, -0.25) is 4.79 Å². The Morgan fingerprint density at radius 2 is 1.89 bits per heavy atom. The van der Waals surface area contributed by atoms with E-state index in [0.29, 0.717) is 0 Å². The highest BCUT2D eigenvalue weighted by molar-refractivity contribution is 7.89. The molecule has 0 fully saturated rings. The van der Waals surface area contributed by atoms with Crippen molar-refractivity contribution in [1.29, 1.82) is 0 Å². The van der Waals surface area contributed by atoms with Gasteiger partial charge in [-0.05, 0) is 5.92 Å². The zero-order chi connectivity index (χ0) is 14.5. The number of hydrogen-bond donors (Lipinski definition) is 2. The second-order valence-corrected chi connectivity index (χ2v) is 7.29. The third-order valence-corrected chi connectivity index (χ3v) is 4.56. The molecule has 0 aromatic rings. The number of carbonyl (C=O) groups excluding carboxylic acids is 1. The third kappa shape index (κ3) is 5.28. The molecule has 106 valence electrons. The first-order chi connectivity index (χ1) is 8.09. The van der Waals surface area contributed by atoms with Gasteiger partial charge < -0.3 is 11.1 Å². The van der Waals surface area contributed by atoms with Crippen LogP contribution in [0, 0.1) is 11.8 Å². The van der Waals surface area contributed by atoms with Crippen molar-refractivity contribution in [2.24, 2.45) is 17.6 Å². The van der Waals surface area contributed by atoms with Crippen LogP contribution in [-0.4, -0.2) is 50.0 Å². The minimum absolute atomic E-state index is 0.0204. The van der Waals surface area contributed by atoms with E-state index in [-0.39, 0.29) is 29.1 Å². The van der Waals surface area contributed by atoms with Crippen LogP contribution in [0.1, 0.15) is 13.8 Å². The van der Waals surface area contributed by atoms with Crippen molar-refractivity contribution in [2.75, 3.05) is 26.4 Å². The van der Waals surface area contributed by atoms with E-state index in [1.807, 2.05) is 13.8 Å². The molecule has 1 atom stereocenters. The molecule has 0 rings (SSSR count). The summed E-state index contributed by atoms with van der Waals surface area (Å²) in [4.78, 5) is 11.9. The van der Waals surface area contributed by atoms with E-state index >= 15 is 0 Å². The summed E-state index contributed by atoms with van der Waals surface area (Å²) in [5.74, 6) is -1.06. The Balaban J connectivity index is 4.39. The van der Waals surface area contributed by atoms with Gasteiger partial charge in [0.15, 0.2) is 0 Å². The van der Waals surface area contributed by atoms with Crippen LogP contribution in [0.5, 0.6) is 0 Å². The summed E-state index contributed by atoms with van der Waals surface area (Å²) in [5.41, 5.74) is 5.49. The smallest absolute Gasteiger partial charge is 0.230 e. The Kier molecular flexibility index (Phi) is 6.72. The van der Waals surface area contributed by atoms with Gasteiger partial charge in [-0.15, -0.1) is 0 Å². The van der Waals surface area contributed by atoms with Gasteiger partial charge in [-0.2, -0.15) is 0 Å². The van der Waals surface area contributed by atoms with E-state index in [0.717, 1.165) is 4.31 Å². The summed E-state index contributed by atoms with van der Waals surface area (Å²) in [7, 11) is -0.411. The minimum Gasteiger partial charge on any atom is -0.393 e. The number of sulfonamides is 1. The summed E-state index contributed by atoms with van der Waals surface area (Å²) in [6.07, 6.45) is 0. The molecular formula is C10H21N3O3S2. The van der Waals surface area contributed by atoms with Crippen LogP contribution in [0.3, 0.4) is 0 Å². The molecule has 18 heavy (non-hydrogen) atoms. The summed E-state index contributed by atoms with van der Waals surface area (Å²) in [6.45, 7) is 3.71. The highest BCUT2D eigenvalue weighted by atomic mass is 32.2. The lowest BCUT2D eigenvalue weighted by molar-refractivity contribution is -0.123. The van der Waals surface area contributed by atoms with Crippen LogP contribution in [0.4, 0.5) is 0 Å². The topological polar surface area (TPSA) is 92.5 Å². The lowest BCUT2D eigenvalue weighted by Gasteiger charge is -2.19. The van der Waals surface area contributed by atoms with Crippen molar-refractivity contribution in [1.82, 2.24) is 9.62 Å². The fourth-order valence-corrected chi connectivity index (χ4v) is 2.46. The molecule has 3 N–H and O–H groups in total. The first-order valence-corrected chi connectivity index (χ1v) is 7.58. The van der Waals surface area contributed by atoms with E-state index in [1.165, 1.54) is 14.1 Å². The van der Waals surface area contributed by atoms with Crippen LogP contribution >= 0.6 is 12.2 Å². The first-order valence-electron chi connectivity index (χ1n) is 5.56. The van der Waals surface area contributed by atoms with Crippen molar-refractivity contribution >= 4 is 33.1 Å². The lowest BCUT2D eigenvalue weighted by atomic mass is 9.95. The zero-order valence-electron chi connectivity index (χ0n) is 11.1. The molecule has 0 aliphatic carbocycles. The predicted octanol–water partition coefficient (Wildman–Crippen LogP) is -0.448. The molecule has 0 heterocycles. The van der Waals surface area contributed by atoms with Gasteiger partial charge in [-0.1, -0.05) is 26.1 Å². The quantitative estimate of drug-likeness (QED) is 0.621. The van der Waals surface area contributed by atoms with E-state index in [4.69, 9.17) is 18.0 Å². The van der Waals surface area contributed by atoms with E-state index in [2.05, 4.69) is 5.32 Å². The molecule has 0 aromatic heterocycles. The Hall–Kier alpha value is -0.730. The molecule has 0 radical (unpaired) electrons. The van der Waals surface area contributed by atoms with Crippen LogP contribution in [0.15, 0.2) is 0 Å². The molecule has 0 saturated heterocycles. The largest absolute Gasteiger partial charge is 0.393 e. The molecule has 0 aliphatic rings. The standard InChI is InChI=1S/C10H21N3O3S2/c1-7(2)8(9(11)17)10(14)12-5-6-18(15,16)13(3)4/h7-8H,5-6H2,1-4H3,(H2,11,17)(H,12,14). The Bertz CT molecular complexity index is 405. The molecule has 0 saturated carbocycles. The maximum atomic E-state index is 11.8. The maximum absolute atomic E-state index is 11.8. The minimum atomic E-state index is -3.31. The first kappa shape index (κ1) is 17.3. The Morgan fingerprint density at radius 3 is 2.22 bits per heavy atom. The third-order valence-electron chi connectivity index (χ3n) is 2.47. The molecule has 1 unspecified atom stereocenters. The summed E-state index contributed by atoms with van der Waals surface area (Å²) in [6, 6.07) is 0. The fourth-order valence-electron chi connectivity index (χ4n) is 1.36. The van der Waals surface area contributed by atoms with Crippen LogP contribution < -0.4 is 11.1 Å². The normalized spacial score (nSPS) is 13.7. The number of carbonyl (C=O) groups is 1.